The molecule has 4 heteroatoms. The van der Waals surface area contributed by atoms with Crippen LogP contribution in [0.5, 0.6) is 5.75 Å². The van der Waals surface area contributed by atoms with Crippen LogP contribution in [0, 0.1) is 24.2 Å². The molecule has 4 fully saturated rings. The number of rotatable bonds is 6. The van der Waals surface area contributed by atoms with E-state index in [4.69, 9.17) is 9.47 Å². The molecule has 0 spiro atoms. The number of esters is 1. The Morgan fingerprint density at radius 1 is 1.12 bits per heavy atom. The van der Waals surface area contributed by atoms with Gasteiger partial charge in [-0.2, -0.15) is 0 Å². The third kappa shape index (κ3) is 3.41. The molecule has 4 nitrogen and oxygen atoms in total. The van der Waals surface area contributed by atoms with Gasteiger partial charge in [-0.3, -0.25) is 4.79 Å². The van der Waals surface area contributed by atoms with Gasteiger partial charge in [0.15, 0.2) is 0 Å². The topological polar surface area (TPSA) is 55.8 Å². The summed E-state index contributed by atoms with van der Waals surface area (Å²) in [4.78, 5) is 12.7. The fourth-order valence-electron chi connectivity index (χ4n) is 5.65. The normalized spacial score (nSPS) is 35.6. The molecule has 2 unspecified atom stereocenters. The molecule has 4 aliphatic rings. The van der Waals surface area contributed by atoms with Gasteiger partial charge in [0.25, 0.3) is 0 Å². The van der Waals surface area contributed by atoms with Crippen LogP contribution in [0.3, 0.4) is 0 Å². The maximum absolute atomic E-state index is 12.7. The molecule has 5 rings (SSSR count). The minimum atomic E-state index is -0.613. The van der Waals surface area contributed by atoms with Crippen molar-refractivity contribution in [2.45, 2.75) is 57.5 Å². The van der Waals surface area contributed by atoms with Crippen molar-refractivity contribution in [2.75, 3.05) is 13.2 Å². The number of hydrogen-bond donors (Lipinski definition) is 1. The lowest BCUT2D eigenvalue weighted by atomic mass is 9.48. The number of ether oxygens (including phenoxy) is 2. The summed E-state index contributed by atoms with van der Waals surface area (Å²) in [5, 5.41) is 10.7. The number of hydrogen-bond acceptors (Lipinski definition) is 4. The predicted molar refractivity (Wildman–Crippen MR) is 94.3 cm³/mol. The van der Waals surface area contributed by atoms with E-state index in [9.17, 15) is 9.90 Å². The van der Waals surface area contributed by atoms with E-state index in [1.807, 2.05) is 31.2 Å². The lowest BCUT2D eigenvalue weighted by Gasteiger charge is -2.58. The van der Waals surface area contributed by atoms with Crippen molar-refractivity contribution in [2.24, 2.45) is 17.3 Å². The lowest BCUT2D eigenvalue weighted by molar-refractivity contribution is -0.196. The number of benzene rings is 1. The van der Waals surface area contributed by atoms with Gasteiger partial charge in [-0.05, 0) is 69.4 Å². The summed E-state index contributed by atoms with van der Waals surface area (Å²) in [5.74, 6) is 1.77. The number of aryl methyl sites for hydroxylation is 1. The van der Waals surface area contributed by atoms with Crippen LogP contribution in [0.15, 0.2) is 24.3 Å². The Morgan fingerprint density at radius 3 is 2.44 bits per heavy atom. The zero-order chi connectivity index (χ0) is 17.5. The van der Waals surface area contributed by atoms with E-state index in [1.54, 1.807) is 0 Å². The third-order valence-corrected chi connectivity index (χ3v) is 6.27. The van der Waals surface area contributed by atoms with Gasteiger partial charge in [0.1, 0.15) is 5.75 Å². The monoisotopic (exact) mass is 344 g/mol. The molecular weight excluding hydrogens is 316 g/mol. The molecule has 0 radical (unpaired) electrons. The van der Waals surface area contributed by atoms with Crippen LogP contribution in [-0.2, 0) is 9.53 Å². The van der Waals surface area contributed by atoms with Crippen LogP contribution in [-0.4, -0.2) is 29.9 Å². The first-order chi connectivity index (χ1) is 12.0. The molecule has 0 saturated heterocycles. The maximum Gasteiger partial charge on any atom is 0.312 e. The quantitative estimate of drug-likeness (QED) is 0.632. The SMILES string of the molecule is Cc1ccc(OCCCOC(=O)C23CC4CC(CC(O)(C4)C2)C3)cc1. The smallest absolute Gasteiger partial charge is 0.312 e. The molecule has 1 N–H and O–H groups in total. The van der Waals surface area contributed by atoms with Gasteiger partial charge in [0, 0.05) is 6.42 Å². The van der Waals surface area contributed by atoms with E-state index in [2.05, 4.69) is 0 Å². The maximum atomic E-state index is 12.7. The molecule has 0 heterocycles. The molecule has 2 atom stereocenters. The van der Waals surface area contributed by atoms with Crippen molar-refractivity contribution in [1.82, 2.24) is 0 Å². The first-order valence-electron chi connectivity index (χ1n) is 9.56. The van der Waals surface area contributed by atoms with Crippen molar-refractivity contribution in [3.63, 3.8) is 0 Å². The number of carbonyl (C=O) groups excluding carboxylic acids is 1. The van der Waals surface area contributed by atoms with Crippen LogP contribution in [0.2, 0.25) is 0 Å². The summed E-state index contributed by atoms with van der Waals surface area (Å²) >= 11 is 0. The van der Waals surface area contributed by atoms with Gasteiger partial charge in [-0.1, -0.05) is 17.7 Å². The number of aliphatic hydroxyl groups is 1. The Balaban J connectivity index is 1.25. The first-order valence-corrected chi connectivity index (χ1v) is 9.56. The number of carbonyl (C=O) groups is 1. The summed E-state index contributed by atoms with van der Waals surface area (Å²) in [7, 11) is 0. The van der Waals surface area contributed by atoms with Crippen LogP contribution in [0.4, 0.5) is 0 Å². The highest BCUT2D eigenvalue weighted by Gasteiger charge is 2.60. The van der Waals surface area contributed by atoms with Crippen LogP contribution >= 0.6 is 0 Å². The predicted octanol–water partition coefficient (Wildman–Crippen LogP) is 3.64. The minimum Gasteiger partial charge on any atom is -0.493 e. The molecule has 4 aliphatic carbocycles. The van der Waals surface area contributed by atoms with Crippen LogP contribution < -0.4 is 4.74 Å². The molecular formula is C21H28O4. The summed E-state index contributed by atoms with van der Waals surface area (Å²) in [6.45, 7) is 2.98. The second-order valence-corrected chi connectivity index (χ2v) is 8.62. The highest BCUT2D eigenvalue weighted by Crippen LogP contribution is 2.61. The average Bonchev–Trinajstić information content (AvgIpc) is 2.54. The van der Waals surface area contributed by atoms with E-state index >= 15 is 0 Å². The van der Waals surface area contributed by atoms with Gasteiger partial charge in [-0.15, -0.1) is 0 Å². The Bertz CT molecular complexity index is 622. The van der Waals surface area contributed by atoms with Crippen LogP contribution in [0.1, 0.15) is 50.5 Å². The highest BCUT2D eigenvalue weighted by molar-refractivity contribution is 5.77. The molecule has 1 aromatic carbocycles. The summed E-state index contributed by atoms with van der Waals surface area (Å²) in [6, 6.07) is 7.95. The van der Waals surface area contributed by atoms with E-state index in [0.717, 1.165) is 31.4 Å². The largest absolute Gasteiger partial charge is 0.493 e. The molecule has 0 amide bonds. The molecule has 136 valence electrons. The molecule has 0 aliphatic heterocycles. The van der Waals surface area contributed by atoms with E-state index in [1.165, 1.54) is 12.0 Å². The summed E-state index contributed by atoms with van der Waals surface area (Å²) in [5.41, 5.74) is 0.174. The Kier molecular flexibility index (Phi) is 4.27. The highest BCUT2D eigenvalue weighted by atomic mass is 16.5. The van der Waals surface area contributed by atoms with E-state index in [0.29, 0.717) is 37.9 Å². The first kappa shape index (κ1) is 16.9. The zero-order valence-electron chi connectivity index (χ0n) is 15.0. The molecule has 1 aromatic rings. The summed E-state index contributed by atoms with van der Waals surface area (Å²) in [6.07, 6.45) is 6.04. The van der Waals surface area contributed by atoms with Crippen molar-refractivity contribution in [3.05, 3.63) is 29.8 Å². The van der Waals surface area contributed by atoms with E-state index in [-0.39, 0.29) is 5.97 Å². The second kappa shape index (κ2) is 6.31. The summed E-state index contributed by atoms with van der Waals surface area (Å²) < 4.78 is 11.3. The van der Waals surface area contributed by atoms with Crippen molar-refractivity contribution >= 4 is 5.97 Å². The van der Waals surface area contributed by atoms with Gasteiger partial charge >= 0.3 is 5.97 Å². The van der Waals surface area contributed by atoms with Crippen molar-refractivity contribution in [1.29, 1.82) is 0 Å². The van der Waals surface area contributed by atoms with Crippen molar-refractivity contribution in [3.8, 4) is 5.75 Å². The fourth-order valence-corrected chi connectivity index (χ4v) is 5.65. The van der Waals surface area contributed by atoms with Gasteiger partial charge in [-0.25, -0.2) is 0 Å². The standard InChI is InChI=1S/C21H28O4/c1-15-3-5-18(6-4-15)24-7-2-8-25-19(22)20-10-16-9-17(11-20)13-21(23,12-16)14-20/h3-6,16-17,23H,2,7-14H2,1H3. The Hall–Kier alpha value is -1.55. The van der Waals surface area contributed by atoms with Gasteiger partial charge < -0.3 is 14.6 Å². The van der Waals surface area contributed by atoms with Crippen LogP contribution in [0.25, 0.3) is 0 Å². The fraction of sp³-hybridized carbons (Fsp3) is 0.667. The lowest BCUT2D eigenvalue weighted by Crippen LogP contribution is -2.58. The molecule has 4 saturated carbocycles. The second-order valence-electron chi connectivity index (χ2n) is 8.62. The average molecular weight is 344 g/mol. The molecule has 0 aromatic heterocycles. The molecule has 4 bridgehead atoms. The molecule has 25 heavy (non-hydrogen) atoms. The van der Waals surface area contributed by atoms with Gasteiger partial charge in [0.05, 0.1) is 24.2 Å². The van der Waals surface area contributed by atoms with Gasteiger partial charge in [0.2, 0.25) is 0 Å². The van der Waals surface area contributed by atoms with E-state index < -0.39 is 11.0 Å². The Labute approximate surface area is 149 Å². The zero-order valence-corrected chi connectivity index (χ0v) is 15.0. The van der Waals surface area contributed by atoms with Crippen molar-refractivity contribution < 1.29 is 19.4 Å². The third-order valence-electron chi connectivity index (χ3n) is 6.27. The minimum absolute atomic E-state index is 0.0876. The Morgan fingerprint density at radius 2 is 1.80 bits per heavy atom.